The minimum absolute atomic E-state index is 0.0192. The Morgan fingerprint density at radius 1 is 1.17 bits per heavy atom. The van der Waals surface area contributed by atoms with Crippen molar-refractivity contribution in [2.75, 3.05) is 5.75 Å². The van der Waals surface area contributed by atoms with Crippen LogP contribution in [0.5, 0.6) is 0 Å². The van der Waals surface area contributed by atoms with E-state index in [-0.39, 0.29) is 6.42 Å². The molecular weight excluding hydrogens is 193 g/mol. The predicted molar refractivity (Wildman–Crippen MR) is 39.0 cm³/mol. The van der Waals surface area contributed by atoms with Gasteiger partial charge < -0.3 is 0 Å². The predicted octanol–water partition coefficient (Wildman–Crippen LogP) is 1.93. The van der Waals surface area contributed by atoms with Gasteiger partial charge in [-0.25, -0.2) is 8.42 Å². The van der Waals surface area contributed by atoms with E-state index >= 15 is 0 Å². The fourth-order valence-electron chi connectivity index (χ4n) is 0.585. The van der Waals surface area contributed by atoms with E-state index in [1.807, 2.05) is 0 Å². The molecule has 0 aliphatic heterocycles. The van der Waals surface area contributed by atoms with Crippen molar-refractivity contribution in [2.24, 2.45) is 0 Å². The van der Waals surface area contributed by atoms with Crippen molar-refractivity contribution < 1.29 is 21.6 Å². The molecule has 0 amide bonds. The van der Waals surface area contributed by atoms with Crippen LogP contribution in [0.4, 0.5) is 13.2 Å². The van der Waals surface area contributed by atoms with E-state index in [1.165, 1.54) is 0 Å². The van der Waals surface area contributed by atoms with Crippen molar-refractivity contribution in [3.8, 4) is 0 Å². The van der Waals surface area contributed by atoms with Gasteiger partial charge in [0.05, 0.1) is 5.75 Å². The minimum Gasteiger partial charge on any atom is -0.220 e. The van der Waals surface area contributed by atoms with Crippen molar-refractivity contribution >= 4 is 9.84 Å². The molecule has 0 atom stereocenters. The summed E-state index contributed by atoms with van der Waals surface area (Å²) in [4.78, 5) is 0. The maximum absolute atomic E-state index is 11.7. The van der Waals surface area contributed by atoms with Gasteiger partial charge in [-0.05, 0) is 6.42 Å². The molecule has 0 aromatic rings. The Hall–Kier alpha value is -0.260. The third kappa shape index (κ3) is 3.42. The zero-order valence-electron chi connectivity index (χ0n) is 6.39. The number of rotatable bonds is 4. The standard InChI is InChI=1S/C6H10F3O2S/c1-2-3-4-5-12(10,11)6(7,8)9/h1-5H2. The van der Waals surface area contributed by atoms with Crippen LogP contribution in [0.1, 0.15) is 19.3 Å². The highest BCUT2D eigenvalue weighted by Gasteiger charge is 2.44. The lowest BCUT2D eigenvalue weighted by molar-refractivity contribution is -0.0435. The highest BCUT2D eigenvalue weighted by molar-refractivity contribution is 7.92. The number of hydrogen-bond donors (Lipinski definition) is 0. The minimum atomic E-state index is -5.10. The fraction of sp³-hybridized carbons (Fsp3) is 0.833. The van der Waals surface area contributed by atoms with Crippen LogP contribution in [0, 0.1) is 6.92 Å². The van der Waals surface area contributed by atoms with Gasteiger partial charge in [0.15, 0.2) is 0 Å². The summed E-state index contributed by atoms with van der Waals surface area (Å²) in [6, 6.07) is 0. The number of sulfone groups is 1. The smallest absolute Gasteiger partial charge is 0.220 e. The summed E-state index contributed by atoms with van der Waals surface area (Å²) in [5.74, 6) is -0.827. The van der Waals surface area contributed by atoms with E-state index in [4.69, 9.17) is 0 Å². The highest BCUT2D eigenvalue weighted by Crippen LogP contribution is 2.24. The summed E-state index contributed by atoms with van der Waals surface area (Å²) in [5.41, 5.74) is -5.10. The quantitative estimate of drug-likeness (QED) is 0.654. The van der Waals surface area contributed by atoms with Crippen molar-refractivity contribution in [3.63, 3.8) is 0 Å². The Bertz CT molecular complexity index is 217. The highest BCUT2D eigenvalue weighted by atomic mass is 32.2. The zero-order chi connectivity index (χ0) is 9.83. The molecule has 2 nitrogen and oxygen atoms in total. The summed E-state index contributed by atoms with van der Waals surface area (Å²) < 4.78 is 55.7. The van der Waals surface area contributed by atoms with Gasteiger partial charge in [-0.15, -0.1) is 0 Å². The van der Waals surface area contributed by atoms with Crippen LogP contribution in [0.15, 0.2) is 0 Å². The van der Waals surface area contributed by atoms with Gasteiger partial charge in [-0.3, -0.25) is 0 Å². The molecule has 0 aromatic carbocycles. The van der Waals surface area contributed by atoms with Gasteiger partial charge in [-0.1, -0.05) is 19.8 Å². The first-order valence-corrected chi connectivity index (χ1v) is 5.05. The number of halogens is 3. The molecule has 1 radical (unpaired) electrons. The average molecular weight is 203 g/mol. The van der Waals surface area contributed by atoms with E-state index in [9.17, 15) is 21.6 Å². The molecule has 0 heterocycles. The van der Waals surface area contributed by atoms with Crippen LogP contribution >= 0.6 is 0 Å². The maximum Gasteiger partial charge on any atom is 0.497 e. The van der Waals surface area contributed by atoms with Crippen LogP contribution in [-0.4, -0.2) is 19.7 Å². The topological polar surface area (TPSA) is 34.1 Å². The van der Waals surface area contributed by atoms with Crippen LogP contribution in [0.2, 0.25) is 0 Å². The third-order valence-electron chi connectivity index (χ3n) is 1.27. The van der Waals surface area contributed by atoms with Gasteiger partial charge >= 0.3 is 5.51 Å². The Morgan fingerprint density at radius 2 is 1.67 bits per heavy atom. The summed E-state index contributed by atoms with van der Waals surface area (Å²) >= 11 is 0. The Labute approximate surface area is 69.7 Å². The molecule has 0 aliphatic rings. The first-order chi connectivity index (χ1) is 5.31. The van der Waals surface area contributed by atoms with Gasteiger partial charge in [0.25, 0.3) is 0 Å². The van der Waals surface area contributed by atoms with Crippen LogP contribution in [0.3, 0.4) is 0 Å². The average Bonchev–Trinajstić information content (AvgIpc) is 1.85. The number of alkyl halides is 3. The molecule has 0 unspecified atom stereocenters. The molecule has 6 heteroatoms. The normalized spacial score (nSPS) is 13.3. The molecule has 0 N–H and O–H groups in total. The number of hydrogen-bond acceptors (Lipinski definition) is 2. The molecule has 0 rings (SSSR count). The van der Waals surface area contributed by atoms with Crippen molar-refractivity contribution in [1.82, 2.24) is 0 Å². The Kier molecular flexibility index (Phi) is 4.02. The number of unbranched alkanes of at least 4 members (excludes halogenated alkanes) is 2. The second-order valence-electron chi connectivity index (χ2n) is 2.33. The molecule has 0 aliphatic carbocycles. The summed E-state index contributed by atoms with van der Waals surface area (Å²) in [7, 11) is -4.90. The molecule has 0 saturated heterocycles. The van der Waals surface area contributed by atoms with E-state index in [0.29, 0.717) is 12.8 Å². The van der Waals surface area contributed by atoms with Crippen LogP contribution in [0.25, 0.3) is 0 Å². The van der Waals surface area contributed by atoms with Gasteiger partial charge in [0.2, 0.25) is 9.84 Å². The van der Waals surface area contributed by atoms with Crippen LogP contribution in [-0.2, 0) is 9.84 Å². The van der Waals surface area contributed by atoms with Gasteiger partial charge in [0.1, 0.15) is 0 Å². The van der Waals surface area contributed by atoms with Gasteiger partial charge in [0, 0.05) is 0 Å². The molecule has 0 bridgehead atoms. The first kappa shape index (κ1) is 11.7. The van der Waals surface area contributed by atoms with E-state index in [0.717, 1.165) is 0 Å². The largest absolute Gasteiger partial charge is 0.497 e. The monoisotopic (exact) mass is 203 g/mol. The SMILES string of the molecule is [CH2]CCCCS(=O)(=O)C(F)(F)F. The van der Waals surface area contributed by atoms with Crippen molar-refractivity contribution in [2.45, 2.75) is 24.8 Å². The lowest BCUT2D eigenvalue weighted by Gasteiger charge is -2.06. The second-order valence-corrected chi connectivity index (χ2v) is 4.43. The molecule has 12 heavy (non-hydrogen) atoms. The lowest BCUT2D eigenvalue weighted by Crippen LogP contribution is -2.25. The Morgan fingerprint density at radius 3 is 2.00 bits per heavy atom. The molecule has 0 aromatic heterocycles. The summed E-state index contributed by atoms with van der Waals surface area (Å²) in [6.45, 7) is 3.39. The Balaban J connectivity index is 4.08. The molecule has 0 saturated carbocycles. The molecule has 0 spiro atoms. The van der Waals surface area contributed by atoms with Crippen molar-refractivity contribution in [3.05, 3.63) is 6.92 Å². The lowest BCUT2D eigenvalue weighted by atomic mass is 10.3. The first-order valence-electron chi connectivity index (χ1n) is 3.39. The molecular formula is C6H10F3O2S. The molecule has 0 fully saturated rings. The maximum atomic E-state index is 11.7. The third-order valence-corrected chi connectivity index (χ3v) is 2.80. The molecule has 73 valence electrons. The second kappa shape index (κ2) is 4.11. The van der Waals surface area contributed by atoms with E-state index < -0.39 is 21.1 Å². The van der Waals surface area contributed by atoms with E-state index in [1.54, 1.807) is 0 Å². The summed E-state index contributed by atoms with van der Waals surface area (Å²) in [5, 5.41) is 0. The van der Waals surface area contributed by atoms with Crippen molar-refractivity contribution in [1.29, 1.82) is 0 Å². The summed E-state index contributed by atoms with van der Waals surface area (Å²) in [6.07, 6.45) is 0.869. The van der Waals surface area contributed by atoms with E-state index in [2.05, 4.69) is 6.92 Å². The zero-order valence-corrected chi connectivity index (χ0v) is 7.21. The van der Waals surface area contributed by atoms with Crippen LogP contribution < -0.4 is 0 Å². The van der Waals surface area contributed by atoms with Gasteiger partial charge in [-0.2, -0.15) is 13.2 Å². The fourth-order valence-corrected chi connectivity index (χ4v) is 1.40.